The number of anilines is 1. The van der Waals surface area contributed by atoms with Crippen LogP contribution in [0.15, 0.2) is 83.3 Å². The monoisotopic (exact) mass is 431 g/mol. The van der Waals surface area contributed by atoms with Crippen molar-refractivity contribution >= 4 is 45.0 Å². The molecule has 0 fully saturated rings. The van der Waals surface area contributed by atoms with E-state index in [1.165, 1.54) is 11.8 Å². The molecule has 156 valence electrons. The zero-order valence-corrected chi connectivity index (χ0v) is 17.8. The van der Waals surface area contributed by atoms with Crippen LogP contribution in [0.1, 0.15) is 0 Å². The van der Waals surface area contributed by atoms with Crippen LogP contribution in [0.2, 0.25) is 0 Å². The molecular formula is C24H21N3O3S. The van der Waals surface area contributed by atoms with E-state index < -0.39 is 0 Å². The number of carbonyl (C=O) groups excluding carboxylic acids is 1. The maximum atomic E-state index is 13.1. The van der Waals surface area contributed by atoms with Crippen molar-refractivity contribution in [2.75, 3.05) is 18.2 Å². The summed E-state index contributed by atoms with van der Waals surface area (Å²) in [5, 5.41) is 5.87. The fraction of sp³-hybridized carbons (Fsp3) is 0.125. The second kappa shape index (κ2) is 9.06. The summed E-state index contributed by atoms with van der Waals surface area (Å²) in [6.45, 7) is 4.06. The van der Waals surface area contributed by atoms with Crippen LogP contribution >= 0.6 is 11.8 Å². The minimum Gasteiger partial charge on any atom is -0.497 e. The second-order valence-corrected chi connectivity index (χ2v) is 7.82. The van der Waals surface area contributed by atoms with Gasteiger partial charge in [-0.3, -0.25) is 14.2 Å². The van der Waals surface area contributed by atoms with Crippen LogP contribution in [-0.4, -0.2) is 28.3 Å². The van der Waals surface area contributed by atoms with Gasteiger partial charge in [-0.05, 0) is 47.2 Å². The molecule has 1 aromatic heterocycles. The largest absolute Gasteiger partial charge is 0.497 e. The zero-order valence-electron chi connectivity index (χ0n) is 17.0. The number of hydrogen-bond acceptors (Lipinski definition) is 5. The van der Waals surface area contributed by atoms with Crippen LogP contribution in [0.25, 0.3) is 21.7 Å². The number of benzene rings is 3. The van der Waals surface area contributed by atoms with Crippen molar-refractivity contribution < 1.29 is 9.53 Å². The lowest BCUT2D eigenvalue weighted by Crippen LogP contribution is -2.23. The fourth-order valence-electron chi connectivity index (χ4n) is 3.29. The van der Waals surface area contributed by atoms with E-state index in [1.807, 2.05) is 36.4 Å². The Balaban J connectivity index is 1.61. The van der Waals surface area contributed by atoms with Gasteiger partial charge < -0.3 is 10.1 Å². The molecular weight excluding hydrogens is 410 g/mol. The van der Waals surface area contributed by atoms with E-state index in [0.717, 1.165) is 10.8 Å². The number of hydrogen-bond donors (Lipinski definition) is 1. The van der Waals surface area contributed by atoms with Crippen molar-refractivity contribution in [3.05, 3.63) is 83.7 Å². The number of allylic oxidation sites excluding steroid dienone is 1. The van der Waals surface area contributed by atoms with Crippen LogP contribution < -0.4 is 15.6 Å². The molecule has 4 rings (SSSR count). The predicted octanol–water partition coefficient (Wildman–Crippen LogP) is 4.48. The summed E-state index contributed by atoms with van der Waals surface area (Å²) in [6.07, 6.45) is 1.65. The van der Waals surface area contributed by atoms with Crippen molar-refractivity contribution in [3.8, 4) is 5.75 Å². The third kappa shape index (κ3) is 4.46. The summed E-state index contributed by atoms with van der Waals surface area (Å²) in [4.78, 5) is 30.3. The van der Waals surface area contributed by atoms with E-state index >= 15 is 0 Å². The molecule has 0 spiro atoms. The smallest absolute Gasteiger partial charge is 0.262 e. The van der Waals surface area contributed by atoms with Crippen LogP contribution in [0.4, 0.5) is 5.69 Å². The maximum Gasteiger partial charge on any atom is 0.262 e. The van der Waals surface area contributed by atoms with Gasteiger partial charge in [-0.25, -0.2) is 4.98 Å². The number of thioether (sulfide) groups is 1. The third-order valence-corrected chi connectivity index (χ3v) is 5.78. The molecule has 4 aromatic rings. The molecule has 0 aliphatic heterocycles. The maximum absolute atomic E-state index is 13.1. The molecule has 0 bridgehead atoms. The first-order valence-electron chi connectivity index (χ1n) is 9.70. The molecule has 1 heterocycles. The average molecular weight is 432 g/mol. The van der Waals surface area contributed by atoms with Gasteiger partial charge >= 0.3 is 0 Å². The second-order valence-electron chi connectivity index (χ2n) is 6.88. The van der Waals surface area contributed by atoms with E-state index in [-0.39, 0.29) is 17.2 Å². The molecule has 0 saturated heterocycles. The first-order valence-corrected chi connectivity index (χ1v) is 10.7. The number of fused-ring (bicyclic) bond motifs is 2. The Morgan fingerprint density at radius 3 is 2.55 bits per heavy atom. The summed E-state index contributed by atoms with van der Waals surface area (Å²) < 4.78 is 6.67. The SMILES string of the molecule is C=CCn1c(SCC(=O)Nc2ccc(OC)cc2)nc2cc3ccccc3cc2c1=O. The van der Waals surface area contributed by atoms with E-state index in [1.54, 1.807) is 42.0 Å². The highest BCUT2D eigenvalue weighted by atomic mass is 32.2. The summed E-state index contributed by atoms with van der Waals surface area (Å²) in [5.41, 5.74) is 1.14. The highest BCUT2D eigenvalue weighted by Crippen LogP contribution is 2.23. The Morgan fingerprint density at radius 2 is 1.87 bits per heavy atom. The molecule has 1 amide bonds. The Morgan fingerprint density at radius 1 is 1.16 bits per heavy atom. The van der Waals surface area contributed by atoms with Gasteiger partial charge in [0.1, 0.15) is 5.75 Å². The molecule has 6 nitrogen and oxygen atoms in total. The minimum absolute atomic E-state index is 0.120. The van der Waals surface area contributed by atoms with Gasteiger partial charge in [-0.2, -0.15) is 0 Å². The lowest BCUT2D eigenvalue weighted by molar-refractivity contribution is -0.113. The number of rotatable bonds is 7. The van der Waals surface area contributed by atoms with Gasteiger partial charge in [0, 0.05) is 12.2 Å². The number of nitrogens with one attached hydrogen (secondary N) is 1. The highest BCUT2D eigenvalue weighted by molar-refractivity contribution is 7.99. The number of ether oxygens (including phenoxy) is 1. The Kier molecular flexibility index (Phi) is 6.04. The topological polar surface area (TPSA) is 73.2 Å². The fourth-order valence-corrected chi connectivity index (χ4v) is 4.10. The Labute approximate surface area is 183 Å². The van der Waals surface area contributed by atoms with E-state index in [2.05, 4.69) is 16.9 Å². The number of aromatic nitrogens is 2. The lowest BCUT2D eigenvalue weighted by Gasteiger charge is -2.12. The normalized spacial score (nSPS) is 10.9. The molecule has 0 aliphatic carbocycles. The first-order chi connectivity index (χ1) is 15.1. The van der Waals surface area contributed by atoms with E-state index in [4.69, 9.17) is 4.74 Å². The summed E-state index contributed by atoms with van der Waals surface area (Å²) in [6, 6.07) is 18.7. The number of carbonyl (C=O) groups is 1. The standard InChI is InChI=1S/C24H21N3O3S/c1-3-12-27-23(29)20-13-16-6-4-5-7-17(16)14-21(20)26-24(27)31-15-22(28)25-18-8-10-19(30-2)11-9-18/h3-11,13-14H,1,12,15H2,2H3,(H,25,28). The van der Waals surface area contributed by atoms with Crippen molar-refractivity contribution in [2.24, 2.45) is 0 Å². The summed E-state index contributed by atoms with van der Waals surface area (Å²) >= 11 is 1.22. The first kappa shape index (κ1) is 20.7. The van der Waals surface area contributed by atoms with Crippen molar-refractivity contribution in [2.45, 2.75) is 11.7 Å². The molecule has 0 radical (unpaired) electrons. The molecule has 0 aliphatic rings. The highest BCUT2D eigenvalue weighted by Gasteiger charge is 2.14. The van der Waals surface area contributed by atoms with Crippen molar-refractivity contribution in [1.29, 1.82) is 0 Å². The number of methoxy groups -OCH3 is 1. The molecule has 1 N–H and O–H groups in total. The summed E-state index contributed by atoms with van der Waals surface area (Å²) in [5.74, 6) is 0.649. The lowest BCUT2D eigenvalue weighted by atomic mass is 10.1. The van der Waals surface area contributed by atoms with Gasteiger partial charge in [-0.15, -0.1) is 6.58 Å². The third-order valence-electron chi connectivity index (χ3n) is 4.80. The van der Waals surface area contributed by atoms with Gasteiger partial charge in [0.25, 0.3) is 5.56 Å². The molecule has 31 heavy (non-hydrogen) atoms. The zero-order chi connectivity index (χ0) is 21.8. The van der Waals surface area contributed by atoms with Crippen LogP contribution in [-0.2, 0) is 11.3 Å². The Hall–Kier alpha value is -3.58. The van der Waals surface area contributed by atoms with Crippen LogP contribution in [0, 0.1) is 0 Å². The quantitative estimate of drug-likeness (QED) is 0.202. The van der Waals surface area contributed by atoms with Crippen LogP contribution in [0.5, 0.6) is 5.75 Å². The van der Waals surface area contributed by atoms with Crippen molar-refractivity contribution in [1.82, 2.24) is 9.55 Å². The van der Waals surface area contributed by atoms with Gasteiger partial charge in [0.05, 0.1) is 23.8 Å². The van der Waals surface area contributed by atoms with Crippen LogP contribution in [0.3, 0.4) is 0 Å². The van der Waals surface area contributed by atoms with Gasteiger partial charge in [-0.1, -0.05) is 42.1 Å². The predicted molar refractivity (Wildman–Crippen MR) is 126 cm³/mol. The molecule has 0 unspecified atom stereocenters. The number of nitrogens with zero attached hydrogens (tertiary/aromatic N) is 2. The number of amides is 1. The van der Waals surface area contributed by atoms with Crippen molar-refractivity contribution in [3.63, 3.8) is 0 Å². The molecule has 0 saturated carbocycles. The minimum atomic E-state index is -0.187. The summed E-state index contributed by atoms with van der Waals surface area (Å²) in [7, 11) is 1.59. The molecule has 7 heteroatoms. The van der Waals surface area contributed by atoms with E-state index in [9.17, 15) is 9.59 Å². The van der Waals surface area contributed by atoms with Gasteiger partial charge in [0.2, 0.25) is 5.91 Å². The average Bonchev–Trinajstić information content (AvgIpc) is 2.79. The Bertz CT molecular complexity index is 1330. The molecule has 0 atom stereocenters. The van der Waals surface area contributed by atoms with Gasteiger partial charge in [0.15, 0.2) is 5.16 Å². The van der Waals surface area contributed by atoms with E-state index in [0.29, 0.717) is 34.0 Å². The molecule has 3 aromatic carbocycles.